The summed E-state index contributed by atoms with van der Waals surface area (Å²) in [7, 11) is 2.52. The third-order valence-corrected chi connectivity index (χ3v) is 3.83. The first-order valence-electron chi connectivity index (χ1n) is 6.53. The second kappa shape index (κ2) is 6.70. The van der Waals surface area contributed by atoms with Crippen molar-refractivity contribution in [2.75, 3.05) is 14.2 Å². The van der Waals surface area contributed by atoms with Gasteiger partial charge in [-0.1, -0.05) is 29.8 Å². The average molecular weight is 323 g/mol. The second-order valence-corrected chi connectivity index (χ2v) is 5.13. The number of esters is 2. The lowest BCUT2D eigenvalue weighted by Gasteiger charge is -2.28. The van der Waals surface area contributed by atoms with Crippen LogP contribution in [0.5, 0.6) is 0 Å². The third kappa shape index (κ3) is 2.87. The maximum Gasteiger partial charge on any atom is 0.354 e. The van der Waals surface area contributed by atoms with Gasteiger partial charge in [0.2, 0.25) is 0 Å². The quantitative estimate of drug-likeness (QED) is 0.799. The minimum absolute atomic E-state index is 0.0246. The Hall–Kier alpha value is -2.21. The van der Waals surface area contributed by atoms with Crippen molar-refractivity contribution < 1.29 is 19.1 Å². The molecule has 0 bridgehead atoms. The summed E-state index contributed by atoms with van der Waals surface area (Å²) in [6.07, 6.45) is 0. The van der Waals surface area contributed by atoms with Crippen LogP contribution < -0.4 is 0 Å². The van der Waals surface area contributed by atoms with Crippen LogP contribution in [-0.2, 0) is 19.1 Å². The molecule has 6 nitrogen and oxygen atoms in total. The highest BCUT2D eigenvalue weighted by atomic mass is 35.5. The van der Waals surface area contributed by atoms with Crippen molar-refractivity contribution >= 4 is 35.0 Å². The van der Waals surface area contributed by atoms with Crippen molar-refractivity contribution in [3.05, 3.63) is 34.9 Å². The SMILES string of the molecule is COC(=O)C1=NN=C(C)C(C(=O)OC)C1c1ccccc1Cl. The van der Waals surface area contributed by atoms with Crippen LogP contribution in [0.25, 0.3) is 0 Å². The highest BCUT2D eigenvalue weighted by Crippen LogP contribution is 2.35. The Morgan fingerprint density at radius 1 is 1.14 bits per heavy atom. The highest BCUT2D eigenvalue weighted by Gasteiger charge is 2.42. The van der Waals surface area contributed by atoms with E-state index in [2.05, 4.69) is 10.2 Å². The van der Waals surface area contributed by atoms with Crippen molar-refractivity contribution in [3.63, 3.8) is 0 Å². The standard InChI is InChI=1S/C15H15ClN2O4/c1-8-11(14(19)21-2)12(9-6-4-5-7-10(9)16)13(18-17-8)15(20)22-3/h4-7,11-12H,1-3H3. The maximum atomic E-state index is 12.2. The zero-order valence-electron chi connectivity index (χ0n) is 12.4. The van der Waals surface area contributed by atoms with Crippen LogP contribution in [0.3, 0.4) is 0 Å². The average Bonchev–Trinajstić information content (AvgIpc) is 2.53. The number of halogens is 1. The van der Waals surface area contributed by atoms with Crippen molar-refractivity contribution in [3.8, 4) is 0 Å². The van der Waals surface area contributed by atoms with Crippen molar-refractivity contribution in [1.29, 1.82) is 0 Å². The van der Waals surface area contributed by atoms with E-state index in [-0.39, 0.29) is 5.71 Å². The molecule has 1 aromatic carbocycles. The Labute approximate surface area is 132 Å². The zero-order valence-corrected chi connectivity index (χ0v) is 13.1. The number of hydrogen-bond acceptors (Lipinski definition) is 6. The Kier molecular flexibility index (Phi) is 4.92. The van der Waals surface area contributed by atoms with Crippen LogP contribution in [0.2, 0.25) is 5.02 Å². The van der Waals surface area contributed by atoms with E-state index in [1.165, 1.54) is 14.2 Å². The molecular weight excluding hydrogens is 308 g/mol. The Balaban J connectivity index is 2.61. The largest absolute Gasteiger partial charge is 0.468 e. The topological polar surface area (TPSA) is 77.3 Å². The van der Waals surface area contributed by atoms with Gasteiger partial charge in [0.15, 0.2) is 5.71 Å². The van der Waals surface area contributed by atoms with Gasteiger partial charge in [-0.15, -0.1) is 5.10 Å². The molecule has 1 heterocycles. The molecule has 116 valence electrons. The molecule has 0 amide bonds. The summed E-state index contributed by atoms with van der Waals surface area (Å²) >= 11 is 6.23. The molecule has 1 aliphatic rings. The van der Waals surface area contributed by atoms with Gasteiger partial charge in [-0.3, -0.25) is 4.79 Å². The Morgan fingerprint density at radius 3 is 2.41 bits per heavy atom. The number of methoxy groups -OCH3 is 2. The lowest BCUT2D eigenvalue weighted by Crippen LogP contribution is -2.39. The molecule has 0 aliphatic carbocycles. The first kappa shape index (κ1) is 16.2. The van der Waals surface area contributed by atoms with Crippen molar-refractivity contribution in [1.82, 2.24) is 0 Å². The van der Waals surface area contributed by atoms with Crippen LogP contribution in [0, 0.1) is 5.92 Å². The lowest BCUT2D eigenvalue weighted by molar-refractivity contribution is -0.143. The molecule has 2 rings (SSSR count). The molecule has 0 fully saturated rings. The monoisotopic (exact) mass is 322 g/mol. The molecule has 2 unspecified atom stereocenters. The lowest BCUT2D eigenvalue weighted by atomic mass is 9.79. The molecule has 0 saturated heterocycles. The Bertz CT molecular complexity index is 669. The summed E-state index contributed by atoms with van der Waals surface area (Å²) in [6.45, 7) is 1.66. The van der Waals surface area contributed by atoms with Crippen LogP contribution in [-0.4, -0.2) is 37.6 Å². The van der Waals surface area contributed by atoms with E-state index in [4.69, 9.17) is 21.1 Å². The molecule has 0 radical (unpaired) electrons. The fourth-order valence-corrected chi connectivity index (χ4v) is 2.67. The van der Waals surface area contributed by atoms with Crippen LogP contribution >= 0.6 is 11.6 Å². The van der Waals surface area contributed by atoms with Gasteiger partial charge in [-0.05, 0) is 18.6 Å². The van der Waals surface area contributed by atoms with Crippen LogP contribution in [0.15, 0.2) is 34.5 Å². The van der Waals surface area contributed by atoms with E-state index >= 15 is 0 Å². The summed E-state index contributed by atoms with van der Waals surface area (Å²) in [5.74, 6) is -2.65. The van der Waals surface area contributed by atoms with Gasteiger partial charge in [0.1, 0.15) is 5.92 Å². The van der Waals surface area contributed by atoms with Gasteiger partial charge < -0.3 is 9.47 Å². The molecule has 2 atom stereocenters. The Morgan fingerprint density at radius 2 is 1.82 bits per heavy atom. The van der Waals surface area contributed by atoms with Crippen molar-refractivity contribution in [2.24, 2.45) is 16.1 Å². The fraction of sp³-hybridized carbons (Fsp3) is 0.333. The minimum Gasteiger partial charge on any atom is -0.468 e. The molecule has 7 heteroatoms. The number of carbonyl (C=O) groups is 2. The maximum absolute atomic E-state index is 12.2. The number of benzene rings is 1. The first-order valence-corrected chi connectivity index (χ1v) is 6.91. The predicted octanol–water partition coefficient (Wildman–Crippen LogP) is 2.22. The summed E-state index contributed by atoms with van der Waals surface area (Å²) in [5, 5.41) is 8.23. The summed E-state index contributed by atoms with van der Waals surface area (Å²) < 4.78 is 9.59. The molecule has 0 aromatic heterocycles. The molecule has 0 spiro atoms. The molecule has 22 heavy (non-hydrogen) atoms. The van der Waals surface area contributed by atoms with Gasteiger partial charge in [0.05, 0.1) is 25.8 Å². The third-order valence-electron chi connectivity index (χ3n) is 3.48. The number of hydrogen-bond donors (Lipinski definition) is 0. The molecule has 0 saturated carbocycles. The van der Waals surface area contributed by atoms with Gasteiger partial charge in [0.25, 0.3) is 0 Å². The molecule has 1 aromatic rings. The summed E-state index contributed by atoms with van der Waals surface area (Å²) in [6, 6.07) is 6.95. The van der Waals surface area contributed by atoms with Gasteiger partial charge in [-0.25, -0.2) is 4.79 Å². The number of nitrogens with zero attached hydrogens (tertiary/aromatic N) is 2. The van der Waals surface area contributed by atoms with Crippen LogP contribution in [0.4, 0.5) is 0 Å². The van der Waals surface area contributed by atoms with Crippen molar-refractivity contribution in [2.45, 2.75) is 12.8 Å². The predicted molar refractivity (Wildman–Crippen MR) is 82.3 cm³/mol. The molecule has 0 N–H and O–H groups in total. The van der Waals surface area contributed by atoms with E-state index < -0.39 is 23.8 Å². The summed E-state index contributed by atoms with van der Waals surface area (Å²) in [4.78, 5) is 24.2. The number of rotatable bonds is 3. The minimum atomic E-state index is -0.781. The van der Waals surface area contributed by atoms with Gasteiger partial charge in [-0.2, -0.15) is 5.10 Å². The molecular formula is C15H15ClN2O4. The number of carbonyl (C=O) groups excluding carboxylic acids is 2. The smallest absolute Gasteiger partial charge is 0.354 e. The van der Waals surface area contributed by atoms with Crippen LogP contribution in [0.1, 0.15) is 18.4 Å². The fourth-order valence-electron chi connectivity index (χ4n) is 2.42. The highest BCUT2D eigenvalue weighted by molar-refractivity contribution is 6.41. The van der Waals surface area contributed by atoms with E-state index in [1.807, 2.05) is 0 Å². The van der Waals surface area contributed by atoms with E-state index in [0.29, 0.717) is 16.3 Å². The first-order chi connectivity index (χ1) is 10.5. The second-order valence-electron chi connectivity index (χ2n) is 4.72. The van der Waals surface area contributed by atoms with E-state index in [0.717, 1.165) is 0 Å². The summed E-state index contributed by atoms with van der Waals surface area (Å²) in [5.41, 5.74) is 1.07. The zero-order chi connectivity index (χ0) is 16.3. The van der Waals surface area contributed by atoms with Gasteiger partial charge in [0, 0.05) is 5.02 Å². The van der Waals surface area contributed by atoms with E-state index in [9.17, 15) is 9.59 Å². The van der Waals surface area contributed by atoms with Gasteiger partial charge >= 0.3 is 11.9 Å². The molecule has 1 aliphatic heterocycles. The van der Waals surface area contributed by atoms with E-state index in [1.54, 1.807) is 31.2 Å². The number of ether oxygens (including phenoxy) is 2. The normalized spacial score (nSPS) is 20.7.